The lowest BCUT2D eigenvalue weighted by Gasteiger charge is -2.28. The summed E-state index contributed by atoms with van der Waals surface area (Å²) < 4.78 is 5.44. The van der Waals surface area contributed by atoms with E-state index >= 15 is 0 Å². The number of nitrogens with zero attached hydrogens (tertiary/aromatic N) is 3. The Bertz CT molecular complexity index is 628. The number of amides is 1. The number of hydrogen-bond donors (Lipinski definition) is 2. The first kappa shape index (κ1) is 16.6. The molecule has 2 aliphatic carbocycles. The van der Waals surface area contributed by atoms with E-state index in [-0.39, 0.29) is 11.8 Å². The number of anilines is 2. The third-order valence-electron chi connectivity index (χ3n) is 5.14. The van der Waals surface area contributed by atoms with Crippen LogP contribution >= 0.6 is 0 Å². The van der Waals surface area contributed by atoms with E-state index < -0.39 is 0 Å². The Kier molecular flexibility index (Phi) is 4.74. The van der Waals surface area contributed by atoms with Crippen molar-refractivity contribution in [1.29, 1.82) is 0 Å². The number of carbonyl (C=O) groups excluding carboxylic acids is 1. The normalized spacial score (nSPS) is 25.6. The molecule has 25 heavy (non-hydrogen) atoms. The predicted octanol–water partition coefficient (Wildman–Crippen LogP) is 1.20. The number of morpholine rings is 1. The first-order valence-electron chi connectivity index (χ1n) is 9.44. The van der Waals surface area contributed by atoms with Gasteiger partial charge in [0.2, 0.25) is 11.9 Å². The molecular weight excluding hydrogens is 318 g/mol. The Hall–Kier alpha value is -1.89. The van der Waals surface area contributed by atoms with E-state index in [0.29, 0.717) is 24.5 Å². The molecule has 7 nitrogen and oxygen atoms in total. The van der Waals surface area contributed by atoms with Crippen molar-refractivity contribution in [3.8, 4) is 0 Å². The van der Waals surface area contributed by atoms with E-state index in [4.69, 9.17) is 4.74 Å². The maximum Gasteiger partial charge on any atom is 0.225 e. The molecule has 1 aromatic rings. The number of carbonyl (C=O) groups is 1. The van der Waals surface area contributed by atoms with Crippen LogP contribution in [0, 0.1) is 11.8 Å². The summed E-state index contributed by atoms with van der Waals surface area (Å²) in [5.74, 6) is 2.62. The number of rotatable bonds is 7. The summed E-state index contributed by atoms with van der Waals surface area (Å²) >= 11 is 0. The van der Waals surface area contributed by atoms with E-state index in [2.05, 4.69) is 38.5 Å². The molecule has 0 aromatic carbocycles. The van der Waals surface area contributed by atoms with Crippen LogP contribution in [0.1, 0.15) is 31.9 Å². The van der Waals surface area contributed by atoms with Gasteiger partial charge in [-0.25, -0.2) is 4.98 Å². The van der Waals surface area contributed by atoms with Crippen LogP contribution in [0.15, 0.2) is 6.07 Å². The van der Waals surface area contributed by atoms with Crippen LogP contribution in [0.4, 0.5) is 11.8 Å². The topological polar surface area (TPSA) is 79.4 Å². The van der Waals surface area contributed by atoms with Crippen LogP contribution in [0.2, 0.25) is 0 Å². The lowest BCUT2D eigenvalue weighted by molar-refractivity contribution is -0.122. The summed E-state index contributed by atoms with van der Waals surface area (Å²) in [5, 5.41) is 6.44. The van der Waals surface area contributed by atoms with E-state index in [1.165, 1.54) is 12.8 Å². The molecule has 136 valence electrons. The highest BCUT2D eigenvalue weighted by Crippen LogP contribution is 2.37. The minimum Gasteiger partial charge on any atom is -0.378 e. The number of aromatic nitrogens is 2. The fraction of sp³-hybridized carbons (Fsp3) is 0.722. The molecule has 1 saturated heterocycles. The second kappa shape index (κ2) is 7.15. The van der Waals surface area contributed by atoms with Gasteiger partial charge in [-0.1, -0.05) is 6.92 Å². The molecule has 0 bridgehead atoms. The standard InChI is InChI=1S/C18H27N5O2/c1-12-10-15(12)17(24)19-5-4-14-11-16(23-6-8-25-9-7-23)22-18(21-14)20-13-2-3-13/h11-13,15H,2-10H2,1H3,(H,19,24)(H,20,21,22). The summed E-state index contributed by atoms with van der Waals surface area (Å²) in [6.07, 6.45) is 4.13. The SMILES string of the molecule is CC1CC1C(=O)NCCc1cc(N2CCOCC2)nc(NC2CC2)n1. The van der Waals surface area contributed by atoms with E-state index in [1.54, 1.807) is 0 Å². The molecule has 0 radical (unpaired) electrons. The third kappa shape index (κ3) is 4.39. The van der Waals surface area contributed by atoms with Crippen LogP contribution in [0.3, 0.4) is 0 Å². The van der Waals surface area contributed by atoms with Gasteiger partial charge in [0.05, 0.1) is 13.2 Å². The molecule has 2 N–H and O–H groups in total. The Morgan fingerprint density at radius 1 is 1.32 bits per heavy atom. The Balaban J connectivity index is 1.40. The summed E-state index contributed by atoms with van der Waals surface area (Å²) in [7, 11) is 0. The first-order chi connectivity index (χ1) is 12.2. The molecule has 2 atom stereocenters. The zero-order valence-corrected chi connectivity index (χ0v) is 14.8. The lowest BCUT2D eigenvalue weighted by atomic mass is 10.2. The van der Waals surface area contributed by atoms with Crippen molar-refractivity contribution in [3.63, 3.8) is 0 Å². The Labute approximate surface area is 148 Å². The average molecular weight is 345 g/mol. The van der Waals surface area contributed by atoms with Gasteiger partial charge in [-0.05, 0) is 25.2 Å². The molecule has 0 spiro atoms. The highest BCUT2D eigenvalue weighted by atomic mass is 16.5. The Morgan fingerprint density at radius 3 is 2.76 bits per heavy atom. The van der Waals surface area contributed by atoms with E-state index in [1.807, 2.05) is 0 Å². The van der Waals surface area contributed by atoms with Crippen molar-refractivity contribution in [3.05, 3.63) is 11.8 Å². The van der Waals surface area contributed by atoms with Gasteiger partial charge in [-0.3, -0.25) is 4.79 Å². The van der Waals surface area contributed by atoms with Crippen molar-refractivity contribution >= 4 is 17.7 Å². The average Bonchev–Trinajstić information content (AvgIpc) is 3.54. The van der Waals surface area contributed by atoms with Crippen molar-refractivity contribution in [2.75, 3.05) is 43.1 Å². The molecule has 3 fully saturated rings. The van der Waals surface area contributed by atoms with Crippen molar-refractivity contribution in [2.45, 2.75) is 38.6 Å². The third-order valence-corrected chi connectivity index (χ3v) is 5.14. The minimum absolute atomic E-state index is 0.186. The molecule has 2 unspecified atom stereocenters. The molecule has 4 rings (SSSR count). The van der Waals surface area contributed by atoms with Gasteiger partial charge >= 0.3 is 0 Å². The zero-order chi connectivity index (χ0) is 17.2. The first-order valence-corrected chi connectivity index (χ1v) is 9.44. The van der Waals surface area contributed by atoms with Crippen LogP contribution in [-0.4, -0.2) is 54.8 Å². The summed E-state index contributed by atoms with van der Waals surface area (Å²) in [6.45, 7) is 5.94. The molecule has 7 heteroatoms. The molecule has 1 aliphatic heterocycles. The fourth-order valence-corrected chi connectivity index (χ4v) is 3.17. The molecular formula is C18H27N5O2. The minimum atomic E-state index is 0.186. The van der Waals surface area contributed by atoms with Gasteiger partial charge in [0.25, 0.3) is 0 Å². The van der Waals surface area contributed by atoms with Crippen LogP contribution in [0.5, 0.6) is 0 Å². The van der Waals surface area contributed by atoms with Gasteiger partial charge in [0.15, 0.2) is 0 Å². The van der Waals surface area contributed by atoms with Gasteiger partial charge in [-0.2, -0.15) is 4.98 Å². The van der Waals surface area contributed by atoms with Crippen LogP contribution < -0.4 is 15.5 Å². The summed E-state index contributed by atoms with van der Waals surface area (Å²) in [5.41, 5.74) is 0.976. The zero-order valence-electron chi connectivity index (χ0n) is 14.8. The highest BCUT2D eigenvalue weighted by molar-refractivity contribution is 5.81. The second-order valence-corrected chi connectivity index (χ2v) is 7.42. The summed E-state index contributed by atoms with van der Waals surface area (Å²) in [4.78, 5) is 23.5. The highest BCUT2D eigenvalue weighted by Gasteiger charge is 2.38. The van der Waals surface area contributed by atoms with Crippen molar-refractivity contribution in [1.82, 2.24) is 15.3 Å². The molecule has 2 saturated carbocycles. The van der Waals surface area contributed by atoms with Crippen LogP contribution in [-0.2, 0) is 16.0 Å². The fourth-order valence-electron chi connectivity index (χ4n) is 3.17. The molecule has 1 aromatic heterocycles. The maximum absolute atomic E-state index is 12.0. The Morgan fingerprint density at radius 2 is 2.08 bits per heavy atom. The van der Waals surface area contributed by atoms with Gasteiger partial charge in [0.1, 0.15) is 5.82 Å². The van der Waals surface area contributed by atoms with E-state index in [0.717, 1.165) is 50.7 Å². The smallest absolute Gasteiger partial charge is 0.225 e. The van der Waals surface area contributed by atoms with Crippen molar-refractivity contribution in [2.24, 2.45) is 11.8 Å². The van der Waals surface area contributed by atoms with Gasteiger partial charge < -0.3 is 20.3 Å². The van der Waals surface area contributed by atoms with E-state index in [9.17, 15) is 4.79 Å². The molecule has 3 aliphatic rings. The monoisotopic (exact) mass is 345 g/mol. The number of ether oxygens (including phenoxy) is 1. The quantitative estimate of drug-likeness (QED) is 0.773. The summed E-state index contributed by atoms with van der Waals surface area (Å²) in [6, 6.07) is 2.57. The van der Waals surface area contributed by atoms with Gasteiger partial charge in [0, 0.05) is 49.8 Å². The van der Waals surface area contributed by atoms with Gasteiger partial charge in [-0.15, -0.1) is 0 Å². The molecule has 2 heterocycles. The number of nitrogens with one attached hydrogen (secondary N) is 2. The predicted molar refractivity (Wildman–Crippen MR) is 95.7 cm³/mol. The molecule has 1 amide bonds. The van der Waals surface area contributed by atoms with Crippen LogP contribution in [0.25, 0.3) is 0 Å². The number of hydrogen-bond acceptors (Lipinski definition) is 6. The maximum atomic E-state index is 12.0. The van der Waals surface area contributed by atoms with Crippen molar-refractivity contribution < 1.29 is 9.53 Å². The second-order valence-electron chi connectivity index (χ2n) is 7.42. The largest absolute Gasteiger partial charge is 0.378 e. The lowest BCUT2D eigenvalue weighted by Crippen LogP contribution is -2.37.